The molecule has 1 fully saturated rings. The lowest BCUT2D eigenvalue weighted by atomic mass is 10.0. The number of hydrogen-bond acceptors (Lipinski definition) is 3. The van der Waals surface area contributed by atoms with E-state index in [-0.39, 0.29) is 18.0 Å². The molecule has 2 aromatic carbocycles. The van der Waals surface area contributed by atoms with Crippen LogP contribution in [0.2, 0.25) is 10.0 Å². The summed E-state index contributed by atoms with van der Waals surface area (Å²) in [6.45, 7) is 8.00. The first kappa shape index (κ1) is 29.0. The van der Waals surface area contributed by atoms with Crippen molar-refractivity contribution in [1.29, 1.82) is 0 Å². The summed E-state index contributed by atoms with van der Waals surface area (Å²) in [7, 11) is 0. The Balaban J connectivity index is 1.22. The summed E-state index contributed by atoms with van der Waals surface area (Å²) in [4.78, 5) is 26.8. The van der Waals surface area contributed by atoms with Crippen LogP contribution in [-0.4, -0.2) is 49.1 Å². The molecule has 1 aliphatic heterocycles. The Morgan fingerprint density at radius 1 is 1.00 bits per heavy atom. The molecular formula is C29H38Cl2N4O2. The zero-order valence-electron chi connectivity index (χ0n) is 21.7. The van der Waals surface area contributed by atoms with Gasteiger partial charge >= 0.3 is 6.03 Å². The molecule has 1 heterocycles. The van der Waals surface area contributed by atoms with Crippen LogP contribution in [0.3, 0.4) is 0 Å². The average Bonchev–Trinajstić information content (AvgIpc) is 2.88. The number of likely N-dealkylation sites (tertiary alicyclic amines) is 1. The van der Waals surface area contributed by atoms with Crippen molar-refractivity contribution in [2.75, 3.05) is 31.5 Å². The number of urea groups is 1. The third-order valence-electron chi connectivity index (χ3n) is 6.58. The second-order valence-electron chi connectivity index (χ2n) is 9.85. The standard InChI is InChI=1S/C29H38Cl2N4O2/c1-21(2)23-8-10-24(11-9-23)33-29(37)34-25-14-18-35(19-15-25)17-5-3-4-16-32-28(36)13-7-22-6-12-26(30)27(31)20-22/h6-13,20-21,25H,3-5,14-19H2,1-2H3,(H,32,36)(H2,33,34,37)/b13-7+. The monoisotopic (exact) mass is 544 g/mol. The fraction of sp³-hybridized carbons (Fsp3) is 0.448. The first-order chi connectivity index (χ1) is 17.8. The highest BCUT2D eigenvalue weighted by atomic mass is 35.5. The molecule has 1 aliphatic rings. The molecule has 3 rings (SSSR count). The SMILES string of the molecule is CC(C)c1ccc(NC(=O)NC2CCN(CCCCCNC(=O)/C=C/c3ccc(Cl)c(Cl)c3)CC2)cc1. The van der Waals surface area contributed by atoms with E-state index in [1.165, 1.54) is 11.6 Å². The highest BCUT2D eigenvalue weighted by molar-refractivity contribution is 6.42. The van der Waals surface area contributed by atoms with Gasteiger partial charge in [-0.15, -0.1) is 0 Å². The highest BCUT2D eigenvalue weighted by Crippen LogP contribution is 2.23. The topological polar surface area (TPSA) is 73.5 Å². The maximum absolute atomic E-state index is 12.4. The quantitative estimate of drug-likeness (QED) is 0.217. The molecule has 0 unspecified atom stereocenters. The van der Waals surface area contributed by atoms with Crippen LogP contribution in [0.4, 0.5) is 10.5 Å². The maximum Gasteiger partial charge on any atom is 0.319 e. The third kappa shape index (κ3) is 10.4. The molecule has 8 heteroatoms. The lowest BCUT2D eigenvalue weighted by molar-refractivity contribution is -0.116. The molecule has 37 heavy (non-hydrogen) atoms. The fourth-order valence-corrected chi connectivity index (χ4v) is 4.61. The van der Waals surface area contributed by atoms with Crippen molar-refractivity contribution in [1.82, 2.24) is 15.5 Å². The number of anilines is 1. The Labute approximate surface area is 230 Å². The number of piperidine rings is 1. The molecule has 200 valence electrons. The molecule has 6 nitrogen and oxygen atoms in total. The van der Waals surface area contributed by atoms with Gasteiger partial charge in [-0.1, -0.05) is 61.7 Å². The molecule has 0 spiro atoms. The number of rotatable bonds is 11. The molecular weight excluding hydrogens is 507 g/mol. The van der Waals surface area contributed by atoms with E-state index < -0.39 is 0 Å². The van der Waals surface area contributed by atoms with Gasteiger partial charge in [-0.2, -0.15) is 0 Å². The van der Waals surface area contributed by atoms with Gasteiger partial charge in [0.2, 0.25) is 5.91 Å². The van der Waals surface area contributed by atoms with E-state index in [0.29, 0.717) is 22.5 Å². The average molecular weight is 546 g/mol. The summed E-state index contributed by atoms with van der Waals surface area (Å²) >= 11 is 11.9. The Bertz CT molecular complexity index is 1050. The number of unbranched alkanes of at least 4 members (excludes halogenated alkanes) is 2. The minimum atomic E-state index is -0.135. The van der Waals surface area contributed by atoms with Gasteiger partial charge in [-0.25, -0.2) is 4.79 Å². The van der Waals surface area contributed by atoms with Crippen molar-refractivity contribution in [3.05, 3.63) is 69.7 Å². The number of carbonyl (C=O) groups excluding carboxylic acids is 2. The van der Waals surface area contributed by atoms with Crippen molar-refractivity contribution >= 4 is 46.9 Å². The third-order valence-corrected chi connectivity index (χ3v) is 7.32. The molecule has 0 saturated carbocycles. The Morgan fingerprint density at radius 2 is 1.73 bits per heavy atom. The van der Waals surface area contributed by atoms with Gasteiger partial charge in [0.05, 0.1) is 10.0 Å². The molecule has 0 aliphatic carbocycles. The van der Waals surface area contributed by atoms with Gasteiger partial charge in [-0.05, 0) is 79.6 Å². The number of benzene rings is 2. The summed E-state index contributed by atoms with van der Waals surface area (Å²) in [6, 6.07) is 13.4. The molecule has 3 amide bonds. The summed E-state index contributed by atoms with van der Waals surface area (Å²) < 4.78 is 0. The van der Waals surface area contributed by atoms with Crippen molar-refractivity contribution in [3.8, 4) is 0 Å². The van der Waals surface area contributed by atoms with Crippen molar-refractivity contribution < 1.29 is 9.59 Å². The predicted molar refractivity (Wildman–Crippen MR) is 155 cm³/mol. The first-order valence-corrected chi connectivity index (χ1v) is 13.9. The van der Waals surface area contributed by atoms with E-state index in [2.05, 4.69) is 46.8 Å². The molecule has 1 saturated heterocycles. The Hall–Kier alpha value is -2.54. The van der Waals surface area contributed by atoms with Crippen LogP contribution in [0.25, 0.3) is 6.08 Å². The van der Waals surface area contributed by atoms with E-state index in [1.54, 1.807) is 18.2 Å². The molecule has 0 aromatic heterocycles. The van der Waals surface area contributed by atoms with E-state index in [4.69, 9.17) is 23.2 Å². The predicted octanol–water partition coefficient (Wildman–Crippen LogP) is 6.70. The smallest absolute Gasteiger partial charge is 0.319 e. The van der Waals surface area contributed by atoms with Crippen LogP contribution in [0.15, 0.2) is 48.5 Å². The zero-order valence-corrected chi connectivity index (χ0v) is 23.2. The van der Waals surface area contributed by atoms with Crippen molar-refractivity contribution in [2.45, 2.75) is 57.9 Å². The normalized spacial score (nSPS) is 14.7. The second kappa shape index (κ2) is 15.0. The zero-order chi connectivity index (χ0) is 26.6. The second-order valence-corrected chi connectivity index (χ2v) is 10.7. The molecule has 0 atom stereocenters. The number of amides is 3. The number of nitrogens with zero attached hydrogens (tertiary/aromatic N) is 1. The van der Waals surface area contributed by atoms with E-state index >= 15 is 0 Å². The maximum atomic E-state index is 12.4. The number of halogens is 2. The van der Waals surface area contributed by atoms with Crippen LogP contribution in [0.5, 0.6) is 0 Å². The summed E-state index contributed by atoms with van der Waals surface area (Å²) in [5, 5.41) is 9.94. The van der Waals surface area contributed by atoms with Crippen LogP contribution >= 0.6 is 23.2 Å². The van der Waals surface area contributed by atoms with Gasteiger partial charge < -0.3 is 20.9 Å². The van der Waals surface area contributed by atoms with Crippen LogP contribution < -0.4 is 16.0 Å². The van der Waals surface area contributed by atoms with Crippen LogP contribution in [0, 0.1) is 0 Å². The largest absolute Gasteiger partial charge is 0.353 e. The highest BCUT2D eigenvalue weighted by Gasteiger charge is 2.20. The number of nitrogens with one attached hydrogen (secondary N) is 3. The van der Waals surface area contributed by atoms with Crippen molar-refractivity contribution in [3.63, 3.8) is 0 Å². The summed E-state index contributed by atoms with van der Waals surface area (Å²) in [5.74, 6) is 0.362. The number of carbonyl (C=O) groups is 2. The number of hydrogen-bond donors (Lipinski definition) is 3. The van der Waals surface area contributed by atoms with Crippen LogP contribution in [0.1, 0.15) is 63.0 Å². The van der Waals surface area contributed by atoms with Gasteiger partial charge in [0, 0.05) is 37.4 Å². The molecule has 3 N–H and O–H groups in total. The lowest BCUT2D eigenvalue weighted by Gasteiger charge is -2.32. The van der Waals surface area contributed by atoms with Gasteiger partial charge in [0.15, 0.2) is 0 Å². The van der Waals surface area contributed by atoms with Gasteiger partial charge in [-0.3, -0.25) is 4.79 Å². The fourth-order valence-electron chi connectivity index (χ4n) is 4.30. The minimum Gasteiger partial charge on any atom is -0.353 e. The summed E-state index contributed by atoms with van der Waals surface area (Å²) in [6.07, 6.45) is 8.27. The minimum absolute atomic E-state index is 0.114. The Morgan fingerprint density at radius 3 is 2.41 bits per heavy atom. The lowest BCUT2D eigenvalue weighted by Crippen LogP contribution is -2.46. The van der Waals surface area contributed by atoms with Gasteiger partial charge in [0.25, 0.3) is 0 Å². The summed E-state index contributed by atoms with van der Waals surface area (Å²) in [5.41, 5.74) is 2.91. The van der Waals surface area contributed by atoms with E-state index in [1.807, 2.05) is 18.2 Å². The van der Waals surface area contributed by atoms with Crippen LogP contribution in [-0.2, 0) is 4.79 Å². The molecule has 0 bridgehead atoms. The van der Waals surface area contributed by atoms with E-state index in [9.17, 15) is 9.59 Å². The molecule has 2 aromatic rings. The van der Waals surface area contributed by atoms with Gasteiger partial charge in [0.1, 0.15) is 0 Å². The van der Waals surface area contributed by atoms with Crippen molar-refractivity contribution in [2.24, 2.45) is 0 Å². The van der Waals surface area contributed by atoms with E-state index in [0.717, 1.165) is 63.0 Å². The first-order valence-electron chi connectivity index (χ1n) is 13.1. The molecule has 0 radical (unpaired) electrons. The Kier molecular flexibility index (Phi) is 11.8.